The molecule has 0 bridgehead atoms. The molecule has 0 saturated carbocycles. The molecule has 2 N–H and O–H groups in total. The lowest BCUT2D eigenvalue weighted by Gasteiger charge is -2.32. The first-order chi connectivity index (χ1) is 14.1. The number of carbonyl (C=O) groups excluding carboxylic acids is 1. The van der Waals surface area contributed by atoms with Gasteiger partial charge >= 0.3 is 12.2 Å². The summed E-state index contributed by atoms with van der Waals surface area (Å²) in [5, 5.41) is 2.53. The van der Waals surface area contributed by atoms with E-state index in [1.807, 2.05) is 6.07 Å². The summed E-state index contributed by atoms with van der Waals surface area (Å²) >= 11 is 5.61. The van der Waals surface area contributed by atoms with Crippen LogP contribution in [0.25, 0.3) is 0 Å². The van der Waals surface area contributed by atoms with Gasteiger partial charge in [0.1, 0.15) is 0 Å². The van der Waals surface area contributed by atoms with Crippen molar-refractivity contribution >= 4 is 33.3 Å². The number of sulfonamides is 1. The summed E-state index contributed by atoms with van der Waals surface area (Å²) in [5.41, 5.74) is -0.685. The number of alkyl halides is 3. The maximum Gasteiger partial charge on any atom is 0.417 e. The third-order valence-corrected chi connectivity index (χ3v) is 6.48. The highest BCUT2D eigenvalue weighted by Gasteiger charge is 2.38. The molecule has 1 aliphatic heterocycles. The van der Waals surface area contributed by atoms with E-state index in [1.165, 1.54) is 4.90 Å². The molecule has 1 saturated heterocycles. The van der Waals surface area contributed by atoms with Gasteiger partial charge in [0.05, 0.1) is 10.5 Å². The molecule has 11 heteroatoms. The number of hydrogen-bond donors (Lipinski definition) is 2. The van der Waals surface area contributed by atoms with Gasteiger partial charge in [-0.15, -0.1) is 0 Å². The number of piperidine rings is 1. The Labute approximate surface area is 177 Å². The van der Waals surface area contributed by atoms with E-state index < -0.39 is 32.7 Å². The van der Waals surface area contributed by atoms with Crippen LogP contribution in [0, 0.1) is 0 Å². The van der Waals surface area contributed by atoms with Gasteiger partial charge in [-0.3, -0.25) is 0 Å². The van der Waals surface area contributed by atoms with Gasteiger partial charge in [0.25, 0.3) is 0 Å². The molecule has 1 fully saturated rings. The topological polar surface area (TPSA) is 78.5 Å². The molecule has 0 unspecified atom stereocenters. The van der Waals surface area contributed by atoms with Gasteiger partial charge in [0.15, 0.2) is 0 Å². The van der Waals surface area contributed by atoms with Crippen LogP contribution in [0.3, 0.4) is 0 Å². The highest BCUT2D eigenvalue weighted by Crippen LogP contribution is 2.36. The Morgan fingerprint density at radius 1 is 1.07 bits per heavy atom. The zero-order valence-electron chi connectivity index (χ0n) is 15.6. The molecule has 2 aromatic rings. The zero-order chi connectivity index (χ0) is 21.9. The maximum absolute atomic E-state index is 13.3. The quantitative estimate of drug-likeness (QED) is 0.711. The van der Waals surface area contributed by atoms with E-state index in [1.54, 1.807) is 24.3 Å². The van der Waals surface area contributed by atoms with Crippen molar-refractivity contribution in [1.29, 1.82) is 0 Å². The monoisotopic (exact) mass is 461 g/mol. The summed E-state index contributed by atoms with van der Waals surface area (Å²) in [7, 11) is -4.42. The average Bonchev–Trinajstić information content (AvgIpc) is 2.68. The largest absolute Gasteiger partial charge is 0.417 e. The number of hydrogen-bond acceptors (Lipinski definition) is 3. The van der Waals surface area contributed by atoms with Gasteiger partial charge in [-0.05, 0) is 43.2 Å². The van der Waals surface area contributed by atoms with Crippen molar-refractivity contribution < 1.29 is 26.4 Å². The number of nitrogens with one attached hydrogen (secondary N) is 2. The fourth-order valence-corrected chi connectivity index (χ4v) is 4.85. The lowest BCUT2D eigenvalue weighted by Crippen LogP contribution is -2.47. The van der Waals surface area contributed by atoms with Crippen molar-refractivity contribution in [3.05, 3.63) is 59.1 Å². The van der Waals surface area contributed by atoms with Crippen LogP contribution in [-0.4, -0.2) is 38.5 Å². The number of carbonyl (C=O) groups is 1. The van der Waals surface area contributed by atoms with Crippen molar-refractivity contribution in [2.75, 3.05) is 18.4 Å². The maximum atomic E-state index is 13.3. The fraction of sp³-hybridized carbons (Fsp3) is 0.316. The van der Waals surface area contributed by atoms with Crippen LogP contribution >= 0.6 is 11.6 Å². The van der Waals surface area contributed by atoms with Gasteiger partial charge in [-0.2, -0.15) is 13.2 Å². The van der Waals surface area contributed by atoms with Crippen molar-refractivity contribution in [3.63, 3.8) is 0 Å². The number of anilines is 1. The van der Waals surface area contributed by atoms with Crippen LogP contribution < -0.4 is 10.0 Å². The minimum atomic E-state index is -4.87. The molecule has 1 heterocycles. The first-order valence-electron chi connectivity index (χ1n) is 9.06. The SMILES string of the molecule is O=C(Nc1ccccc1)N1CCC(NS(=O)(=O)c2ccc(Cl)cc2C(F)(F)F)CC1. The lowest BCUT2D eigenvalue weighted by atomic mass is 10.1. The van der Waals surface area contributed by atoms with E-state index in [0.29, 0.717) is 11.8 Å². The highest BCUT2D eigenvalue weighted by molar-refractivity contribution is 7.89. The predicted molar refractivity (Wildman–Crippen MR) is 107 cm³/mol. The fourth-order valence-electron chi connectivity index (χ4n) is 3.17. The number of rotatable bonds is 4. The lowest BCUT2D eigenvalue weighted by molar-refractivity contribution is -0.139. The minimum Gasteiger partial charge on any atom is -0.324 e. The number of likely N-dealkylation sites (tertiary alicyclic amines) is 1. The molecular formula is C19H19ClF3N3O3S. The van der Waals surface area contributed by atoms with E-state index in [-0.39, 0.29) is 37.0 Å². The Kier molecular flexibility index (Phi) is 6.59. The Morgan fingerprint density at radius 2 is 1.70 bits per heavy atom. The molecule has 0 atom stereocenters. The number of nitrogens with zero attached hydrogens (tertiary/aromatic N) is 1. The zero-order valence-corrected chi connectivity index (χ0v) is 17.2. The number of para-hydroxylation sites is 1. The van der Waals surface area contributed by atoms with Crippen LogP contribution in [0.1, 0.15) is 18.4 Å². The summed E-state index contributed by atoms with van der Waals surface area (Å²) < 4.78 is 67.3. The summed E-state index contributed by atoms with van der Waals surface area (Å²) in [6, 6.07) is 10.5. The third-order valence-electron chi connectivity index (χ3n) is 4.67. The van der Waals surface area contributed by atoms with Gasteiger partial charge in [-0.25, -0.2) is 17.9 Å². The van der Waals surface area contributed by atoms with Crippen molar-refractivity contribution in [2.45, 2.75) is 30.0 Å². The molecule has 162 valence electrons. The predicted octanol–water partition coefficient (Wildman–Crippen LogP) is 4.33. The van der Waals surface area contributed by atoms with E-state index in [9.17, 15) is 26.4 Å². The van der Waals surface area contributed by atoms with Crippen molar-refractivity contribution in [1.82, 2.24) is 9.62 Å². The van der Waals surface area contributed by atoms with Crippen LogP contribution in [-0.2, 0) is 16.2 Å². The summed E-state index contributed by atoms with van der Waals surface area (Å²) in [6.45, 7) is 0.525. The van der Waals surface area contributed by atoms with Crippen molar-refractivity contribution in [2.24, 2.45) is 0 Å². The van der Waals surface area contributed by atoms with E-state index in [2.05, 4.69) is 10.0 Å². The molecule has 1 aliphatic rings. The Hall–Kier alpha value is -2.30. The number of halogens is 4. The summed E-state index contributed by atoms with van der Waals surface area (Å²) in [4.78, 5) is 13.0. The number of benzene rings is 2. The van der Waals surface area contributed by atoms with E-state index in [4.69, 9.17) is 11.6 Å². The molecule has 30 heavy (non-hydrogen) atoms. The molecule has 0 aliphatic carbocycles. The Morgan fingerprint density at radius 3 is 2.30 bits per heavy atom. The normalized spacial score (nSPS) is 15.8. The van der Waals surface area contributed by atoms with Crippen LogP contribution in [0.15, 0.2) is 53.4 Å². The smallest absolute Gasteiger partial charge is 0.324 e. The molecular weight excluding hydrogens is 443 g/mol. The van der Waals surface area contributed by atoms with Gasteiger partial charge in [0, 0.05) is 29.8 Å². The first kappa shape index (κ1) is 22.4. The Balaban J connectivity index is 1.64. The molecule has 0 radical (unpaired) electrons. The third kappa shape index (κ3) is 5.44. The molecule has 2 aromatic carbocycles. The van der Waals surface area contributed by atoms with Gasteiger partial charge < -0.3 is 10.2 Å². The first-order valence-corrected chi connectivity index (χ1v) is 10.9. The minimum absolute atomic E-state index is 0.209. The highest BCUT2D eigenvalue weighted by atomic mass is 35.5. The average molecular weight is 462 g/mol. The summed E-state index contributed by atoms with van der Waals surface area (Å²) in [5.74, 6) is 0. The van der Waals surface area contributed by atoms with Crippen molar-refractivity contribution in [3.8, 4) is 0 Å². The molecule has 2 amide bonds. The van der Waals surface area contributed by atoms with E-state index in [0.717, 1.165) is 12.1 Å². The molecule has 0 spiro atoms. The van der Waals surface area contributed by atoms with Crippen LogP contribution in [0.2, 0.25) is 5.02 Å². The standard InChI is InChI=1S/C19H19ClF3N3O3S/c20-13-6-7-17(16(12-13)19(21,22)23)30(28,29)25-15-8-10-26(11-9-15)18(27)24-14-4-2-1-3-5-14/h1-7,12,15,25H,8-11H2,(H,24,27). The summed E-state index contributed by atoms with van der Waals surface area (Å²) in [6.07, 6.45) is -4.32. The van der Waals surface area contributed by atoms with Crippen LogP contribution in [0.4, 0.5) is 23.7 Å². The molecule has 6 nitrogen and oxygen atoms in total. The van der Waals surface area contributed by atoms with Gasteiger partial charge in [0.2, 0.25) is 10.0 Å². The molecule has 3 rings (SSSR count). The second-order valence-corrected chi connectivity index (χ2v) is 8.94. The van der Waals surface area contributed by atoms with E-state index >= 15 is 0 Å². The van der Waals surface area contributed by atoms with Crippen LogP contribution in [0.5, 0.6) is 0 Å². The Bertz CT molecular complexity index is 1010. The van der Waals surface area contributed by atoms with Gasteiger partial charge in [-0.1, -0.05) is 29.8 Å². The molecule has 0 aromatic heterocycles. The number of urea groups is 1. The second kappa shape index (κ2) is 8.83. The number of amides is 2. The second-order valence-electron chi connectivity index (χ2n) is 6.82.